The third-order valence-electron chi connectivity index (χ3n) is 4.31. The Kier molecular flexibility index (Phi) is 7.27. The molecule has 0 aliphatic heterocycles. The van der Waals surface area contributed by atoms with Crippen LogP contribution in [0.2, 0.25) is 5.02 Å². The van der Waals surface area contributed by atoms with Gasteiger partial charge in [0.2, 0.25) is 15.9 Å². The van der Waals surface area contributed by atoms with Crippen LogP contribution in [-0.4, -0.2) is 32.5 Å². The predicted molar refractivity (Wildman–Crippen MR) is 121 cm³/mol. The Morgan fingerprint density at radius 2 is 1.77 bits per heavy atom. The number of hydrogen-bond donors (Lipinski definition) is 1. The molecule has 162 valence electrons. The quantitative estimate of drug-likeness (QED) is 0.394. The number of nitrogens with zero attached hydrogens (tertiary/aromatic N) is 2. The van der Waals surface area contributed by atoms with E-state index in [1.54, 1.807) is 43.5 Å². The lowest BCUT2D eigenvalue weighted by molar-refractivity contribution is 0.214. The molecule has 2 aromatic carbocycles. The predicted octanol–water partition coefficient (Wildman–Crippen LogP) is 4.54. The van der Waals surface area contributed by atoms with E-state index in [1.165, 1.54) is 7.11 Å². The molecule has 0 saturated carbocycles. The number of benzene rings is 2. The van der Waals surface area contributed by atoms with Crippen molar-refractivity contribution in [3.8, 4) is 11.6 Å². The Balaban J connectivity index is 1.93. The van der Waals surface area contributed by atoms with Gasteiger partial charge in [0, 0.05) is 22.8 Å². The zero-order valence-electron chi connectivity index (χ0n) is 17.2. The van der Waals surface area contributed by atoms with Gasteiger partial charge in [-0.3, -0.25) is 0 Å². The Morgan fingerprint density at radius 1 is 1.10 bits per heavy atom. The third kappa shape index (κ3) is 6.27. The van der Waals surface area contributed by atoms with E-state index < -0.39 is 10.0 Å². The van der Waals surface area contributed by atoms with Crippen molar-refractivity contribution in [3.63, 3.8) is 0 Å². The summed E-state index contributed by atoms with van der Waals surface area (Å²) in [5.74, 6) is 0.939. The van der Waals surface area contributed by atoms with Crippen molar-refractivity contribution in [1.29, 1.82) is 0 Å². The molecule has 31 heavy (non-hydrogen) atoms. The van der Waals surface area contributed by atoms with Crippen molar-refractivity contribution in [2.45, 2.75) is 13.0 Å². The number of halogens is 1. The molecular formula is C22H22ClN3O4S. The van der Waals surface area contributed by atoms with E-state index in [0.717, 1.165) is 17.4 Å². The van der Waals surface area contributed by atoms with E-state index in [-0.39, 0.29) is 6.04 Å². The molecule has 0 aliphatic carbocycles. The molecule has 1 N–H and O–H groups in total. The van der Waals surface area contributed by atoms with Crippen molar-refractivity contribution < 1.29 is 18.0 Å². The average molecular weight is 460 g/mol. The van der Waals surface area contributed by atoms with Crippen LogP contribution in [0.5, 0.6) is 11.6 Å². The zero-order chi connectivity index (χ0) is 22.4. The molecule has 0 aliphatic rings. The minimum absolute atomic E-state index is 0.358. The largest absolute Gasteiger partial charge is 0.438 e. The van der Waals surface area contributed by atoms with Crippen LogP contribution in [0.1, 0.15) is 29.7 Å². The minimum atomic E-state index is -3.31. The molecule has 1 unspecified atom stereocenters. The molecule has 3 aromatic rings. The summed E-state index contributed by atoms with van der Waals surface area (Å²) in [7, 11) is -1.85. The van der Waals surface area contributed by atoms with E-state index in [2.05, 4.69) is 14.9 Å². The molecule has 3 rings (SSSR count). The van der Waals surface area contributed by atoms with Gasteiger partial charge >= 0.3 is 0 Å². The minimum Gasteiger partial charge on any atom is -0.438 e. The van der Waals surface area contributed by atoms with Crippen LogP contribution in [0.3, 0.4) is 0 Å². The number of ether oxygens (including phenoxy) is 1. The van der Waals surface area contributed by atoms with E-state index in [9.17, 15) is 8.42 Å². The summed E-state index contributed by atoms with van der Waals surface area (Å²) in [5, 5.41) is 4.79. The summed E-state index contributed by atoms with van der Waals surface area (Å²) < 4.78 is 31.5. The summed E-state index contributed by atoms with van der Waals surface area (Å²) in [6, 6.07) is 17.5. The van der Waals surface area contributed by atoms with Crippen molar-refractivity contribution in [2.75, 3.05) is 13.4 Å². The fourth-order valence-corrected chi connectivity index (χ4v) is 3.84. The lowest BCUT2D eigenvalue weighted by Crippen LogP contribution is -2.25. The molecule has 0 fully saturated rings. The second-order valence-corrected chi connectivity index (χ2v) is 8.98. The number of pyridine rings is 1. The summed E-state index contributed by atoms with van der Waals surface area (Å²) >= 11 is 5.94. The first kappa shape index (κ1) is 22.7. The molecule has 0 amide bonds. The van der Waals surface area contributed by atoms with Crippen molar-refractivity contribution in [3.05, 3.63) is 88.6 Å². The molecule has 7 nitrogen and oxygen atoms in total. The molecule has 0 radical (unpaired) electrons. The number of nitrogens with one attached hydrogen (secondary N) is 1. The van der Waals surface area contributed by atoms with Gasteiger partial charge in [-0.15, -0.1) is 0 Å². The molecule has 1 aromatic heterocycles. The van der Waals surface area contributed by atoms with Gasteiger partial charge in [0.15, 0.2) is 0 Å². The monoisotopic (exact) mass is 459 g/mol. The Hall–Kier alpha value is -2.94. The molecule has 1 atom stereocenters. The number of oxime groups is 1. The molecule has 0 spiro atoms. The van der Waals surface area contributed by atoms with Crippen LogP contribution in [0.15, 0.2) is 72.0 Å². The maximum absolute atomic E-state index is 11.5. The van der Waals surface area contributed by atoms with E-state index in [0.29, 0.717) is 27.9 Å². The summed E-state index contributed by atoms with van der Waals surface area (Å²) in [4.78, 5) is 9.42. The second kappa shape index (κ2) is 9.91. The van der Waals surface area contributed by atoms with Crippen LogP contribution >= 0.6 is 11.6 Å². The van der Waals surface area contributed by atoms with Crippen LogP contribution in [0.25, 0.3) is 0 Å². The van der Waals surface area contributed by atoms with Crippen LogP contribution < -0.4 is 9.46 Å². The third-order valence-corrected chi connectivity index (χ3v) is 5.35. The van der Waals surface area contributed by atoms with Gasteiger partial charge in [0.05, 0.1) is 11.8 Å². The lowest BCUT2D eigenvalue weighted by Gasteiger charge is -2.15. The van der Waals surface area contributed by atoms with Crippen LogP contribution in [0, 0.1) is 0 Å². The van der Waals surface area contributed by atoms with Gasteiger partial charge in [0.1, 0.15) is 18.6 Å². The zero-order valence-corrected chi connectivity index (χ0v) is 18.8. The summed E-state index contributed by atoms with van der Waals surface area (Å²) in [6.07, 6.45) is 2.76. The fourth-order valence-electron chi connectivity index (χ4n) is 2.93. The second-order valence-electron chi connectivity index (χ2n) is 6.77. The average Bonchev–Trinajstić information content (AvgIpc) is 2.73. The number of hydrogen-bond acceptors (Lipinski definition) is 6. The highest BCUT2D eigenvalue weighted by atomic mass is 35.5. The topological polar surface area (TPSA) is 89.9 Å². The Morgan fingerprint density at radius 3 is 2.39 bits per heavy atom. The standard InChI is InChI=1S/C22H22ClN3O4S/c1-15(26-31(3,27)28)16-6-8-17(9-7-16)21(25-29-2)20-5-4-14-24-22(20)30-19-12-10-18(23)11-13-19/h4-15,26H,1-3H3/b25-21+. The summed E-state index contributed by atoms with van der Waals surface area (Å²) in [5.41, 5.74) is 2.73. The van der Waals surface area contributed by atoms with Crippen LogP contribution in [0.4, 0.5) is 0 Å². The first-order chi connectivity index (χ1) is 14.8. The molecular weight excluding hydrogens is 438 g/mol. The van der Waals surface area contributed by atoms with Crippen molar-refractivity contribution in [1.82, 2.24) is 9.71 Å². The summed E-state index contributed by atoms with van der Waals surface area (Å²) in [6.45, 7) is 1.78. The molecule has 9 heteroatoms. The highest BCUT2D eigenvalue weighted by Gasteiger charge is 2.17. The first-order valence-corrected chi connectivity index (χ1v) is 11.6. The smallest absolute Gasteiger partial charge is 0.228 e. The fraction of sp³-hybridized carbons (Fsp3) is 0.182. The normalized spacial score (nSPS) is 13.0. The van der Waals surface area contributed by atoms with Crippen molar-refractivity contribution in [2.24, 2.45) is 5.16 Å². The number of rotatable bonds is 8. The maximum Gasteiger partial charge on any atom is 0.228 e. The number of sulfonamides is 1. The molecule has 0 saturated heterocycles. The van der Waals surface area contributed by atoms with E-state index in [4.69, 9.17) is 21.2 Å². The Labute approximate surface area is 186 Å². The number of aromatic nitrogens is 1. The highest BCUT2D eigenvalue weighted by Crippen LogP contribution is 2.27. The SMILES string of the molecule is CO/N=C(\c1ccc(C(C)NS(C)(=O)=O)cc1)c1cccnc1Oc1ccc(Cl)cc1. The Bertz CT molecular complexity index is 1160. The maximum atomic E-state index is 11.5. The van der Waals surface area contributed by atoms with Crippen molar-refractivity contribution >= 4 is 27.3 Å². The van der Waals surface area contributed by atoms with Gasteiger partial charge in [-0.1, -0.05) is 41.0 Å². The van der Waals surface area contributed by atoms with Crippen LogP contribution in [-0.2, 0) is 14.9 Å². The molecule has 0 bridgehead atoms. The highest BCUT2D eigenvalue weighted by molar-refractivity contribution is 7.88. The van der Waals surface area contributed by atoms with E-state index in [1.807, 2.05) is 30.3 Å². The van der Waals surface area contributed by atoms with Gasteiger partial charge in [-0.25, -0.2) is 18.1 Å². The lowest BCUT2D eigenvalue weighted by atomic mass is 10.0. The van der Waals surface area contributed by atoms with Gasteiger partial charge < -0.3 is 9.57 Å². The van der Waals surface area contributed by atoms with Gasteiger partial charge in [-0.05, 0) is 48.9 Å². The van der Waals surface area contributed by atoms with E-state index >= 15 is 0 Å². The van der Waals surface area contributed by atoms with Gasteiger partial charge in [0.25, 0.3) is 0 Å². The molecule has 1 heterocycles. The first-order valence-electron chi connectivity index (χ1n) is 9.34. The van der Waals surface area contributed by atoms with Gasteiger partial charge in [-0.2, -0.15) is 0 Å².